The number of carbonyl (C=O) groups is 2. The van der Waals surface area contributed by atoms with Gasteiger partial charge in [0.15, 0.2) is 0 Å². The van der Waals surface area contributed by atoms with E-state index in [9.17, 15) is 9.59 Å². The van der Waals surface area contributed by atoms with E-state index in [-0.39, 0.29) is 17.8 Å². The SMILES string of the molecule is CCOC(=O)c1cc(CC)sc1NC(=O)CC(C)C. The molecule has 0 unspecified atom stereocenters. The van der Waals surface area contributed by atoms with Gasteiger partial charge < -0.3 is 10.1 Å². The lowest BCUT2D eigenvalue weighted by Crippen LogP contribution is -2.15. The Hall–Kier alpha value is -1.36. The number of rotatable bonds is 6. The van der Waals surface area contributed by atoms with Crippen LogP contribution in [-0.4, -0.2) is 18.5 Å². The Kier molecular flexibility index (Phi) is 6.02. The van der Waals surface area contributed by atoms with Crippen molar-refractivity contribution < 1.29 is 14.3 Å². The molecular weight excluding hydrogens is 262 g/mol. The molecular formula is C14H21NO3S. The summed E-state index contributed by atoms with van der Waals surface area (Å²) in [6, 6.07) is 1.80. The molecule has 1 aromatic rings. The maximum absolute atomic E-state index is 11.8. The second-order valence-corrected chi connectivity index (χ2v) is 5.81. The molecule has 1 aromatic heterocycles. The first kappa shape index (κ1) is 15.7. The van der Waals surface area contributed by atoms with E-state index in [1.54, 1.807) is 13.0 Å². The van der Waals surface area contributed by atoms with Gasteiger partial charge in [-0.2, -0.15) is 0 Å². The summed E-state index contributed by atoms with van der Waals surface area (Å²) in [7, 11) is 0. The molecule has 0 saturated carbocycles. The molecule has 4 nitrogen and oxygen atoms in total. The Morgan fingerprint density at radius 2 is 2.05 bits per heavy atom. The first-order valence-corrected chi connectivity index (χ1v) is 7.39. The molecule has 0 spiro atoms. The number of anilines is 1. The number of esters is 1. The first-order chi connectivity index (χ1) is 8.97. The molecule has 5 heteroatoms. The van der Waals surface area contributed by atoms with Crippen molar-refractivity contribution in [2.24, 2.45) is 5.92 Å². The van der Waals surface area contributed by atoms with Crippen molar-refractivity contribution in [3.63, 3.8) is 0 Å². The van der Waals surface area contributed by atoms with Crippen LogP contribution in [-0.2, 0) is 16.0 Å². The van der Waals surface area contributed by atoms with E-state index < -0.39 is 0 Å². The zero-order chi connectivity index (χ0) is 14.4. The lowest BCUT2D eigenvalue weighted by Gasteiger charge is -2.07. The molecule has 0 radical (unpaired) electrons. The van der Waals surface area contributed by atoms with E-state index in [2.05, 4.69) is 5.32 Å². The minimum Gasteiger partial charge on any atom is -0.462 e. The summed E-state index contributed by atoms with van der Waals surface area (Å²) < 4.78 is 5.01. The summed E-state index contributed by atoms with van der Waals surface area (Å²) >= 11 is 1.44. The molecule has 0 fully saturated rings. The number of amides is 1. The van der Waals surface area contributed by atoms with Gasteiger partial charge in [0.2, 0.25) is 5.91 Å². The molecule has 1 rings (SSSR count). The second-order valence-electron chi connectivity index (χ2n) is 4.68. The predicted molar refractivity (Wildman–Crippen MR) is 77.7 cm³/mol. The normalized spacial score (nSPS) is 10.6. The smallest absolute Gasteiger partial charge is 0.341 e. The lowest BCUT2D eigenvalue weighted by molar-refractivity contribution is -0.116. The third-order valence-corrected chi connectivity index (χ3v) is 3.67. The third kappa shape index (κ3) is 4.67. The zero-order valence-corrected chi connectivity index (χ0v) is 12.7. The molecule has 1 N–H and O–H groups in total. The lowest BCUT2D eigenvalue weighted by atomic mass is 10.1. The summed E-state index contributed by atoms with van der Waals surface area (Å²) in [5.41, 5.74) is 0.459. The van der Waals surface area contributed by atoms with Gasteiger partial charge in [0, 0.05) is 11.3 Å². The van der Waals surface area contributed by atoms with Crippen LogP contribution in [0.1, 0.15) is 49.4 Å². The van der Waals surface area contributed by atoms with Crippen LogP contribution in [0.15, 0.2) is 6.07 Å². The number of nitrogens with one attached hydrogen (secondary N) is 1. The van der Waals surface area contributed by atoms with E-state index in [1.807, 2.05) is 20.8 Å². The quantitative estimate of drug-likeness (QED) is 0.813. The summed E-state index contributed by atoms with van der Waals surface area (Å²) in [5, 5.41) is 3.41. The van der Waals surface area contributed by atoms with Gasteiger partial charge in [0.25, 0.3) is 0 Å². The molecule has 0 atom stereocenters. The van der Waals surface area contributed by atoms with E-state index >= 15 is 0 Å². The monoisotopic (exact) mass is 283 g/mol. The Morgan fingerprint density at radius 3 is 2.58 bits per heavy atom. The van der Waals surface area contributed by atoms with E-state index in [0.29, 0.717) is 23.6 Å². The Bertz CT molecular complexity index is 452. The minimum atomic E-state index is -0.377. The van der Waals surface area contributed by atoms with Gasteiger partial charge in [-0.15, -0.1) is 11.3 Å². The van der Waals surface area contributed by atoms with Gasteiger partial charge in [-0.25, -0.2) is 4.79 Å². The number of ether oxygens (including phenoxy) is 1. The highest BCUT2D eigenvalue weighted by molar-refractivity contribution is 7.16. The molecule has 106 valence electrons. The van der Waals surface area contributed by atoms with Gasteiger partial charge in [-0.1, -0.05) is 20.8 Å². The van der Waals surface area contributed by atoms with E-state index in [4.69, 9.17) is 4.74 Å². The zero-order valence-electron chi connectivity index (χ0n) is 11.9. The standard InChI is InChI=1S/C14H21NO3S/c1-5-10-8-11(14(17)18-6-2)13(19-10)15-12(16)7-9(3)4/h8-9H,5-7H2,1-4H3,(H,15,16). The number of aryl methyl sites for hydroxylation is 1. The molecule has 1 heterocycles. The van der Waals surface area contributed by atoms with Crippen LogP contribution in [0.5, 0.6) is 0 Å². The Balaban J connectivity index is 2.89. The van der Waals surface area contributed by atoms with Crippen LogP contribution in [0.3, 0.4) is 0 Å². The summed E-state index contributed by atoms with van der Waals surface area (Å²) in [6.45, 7) is 8.08. The van der Waals surface area contributed by atoms with Crippen LogP contribution in [0.2, 0.25) is 0 Å². The van der Waals surface area contributed by atoms with Gasteiger partial charge in [-0.05, 0) is 25.3 Å². The molecule has 0 aliphatic rings. The number of thiophene rings is 1. The summed E-state index contributed by atoms with van der Waals surface area (Å²) in [5.74, 6) is -0.153. The van der Waals surface area contributed by atoms with Crippen molar-refractivity contribution in [2.75, 3.05) is 11.9 Å². The molecule has 0 bridgehead atoms. The van der Waals surface area contributed by atoms with Crippen LogP contribution < -0.4 is 5.32 Å². The van der Waals surface area contributed by atoms with Gasteiger partial charge in [0.05, 0.1) is 12.2 Å². The fourth-order valence-corrected chi connectivity index (χ4v) is 2.62. The fraction of sp³-hybridized carbons (Fsp3) is 0.571. The maximum Gasteiger partial charge on any atom is 0.341 e. The van der Waals surface area contributed by atoms with Gasteiger partial charge in [0.1, 0.15) is 5.00 Å². The Labute approximate surface area is 118 Å². The largest absolute Gasteiger partial charge is 0.462 e. The highest BCUT2D eigenvalue weighted by Crippen LogP contribution is 2.29. The molecule has 0 aliphatic carbocycles. The Morgan fingerprint density at radius 1 is 1.37 bits per heavy atom. The van der Waals surface area contributed by atoms with Crippen molar-refractivity contribution in [3.8, 4) is 0 Å². The van der Waals surface area contributed by atoms with Crippen LogP contribution in [0.4, 0.5) is 5.00 Å². The predicted octanol–water partition coefficient (Wildman–Crippen LogP) is 3.47. The van der Waals surface area contributed by atoms with Crippen molar-refractivity contribution in [1.82, 2.24) is 0 Å². The molecule has 19 heavy (non-hydrogen) atoms. The minimum absolute atomic E-state index is 0.0648. The van der Waals surface area contributed by atoms with Crippen LogP contribution in [0, 0.1) is 5.92 Å². The second kappa shape index (κ2) is 7.28. The molecule has 1 amide bonds. The first-order valence-electron chi connectivity index (χ1n) is 6.57. The van der Waals surface area contributed by atoms with Crippen molar-refractivity contribution in [1.29, 1.82) is 0 Å². The topological polar surface area (TPSA) is 55.4 Å². The van der Waals surface area contributed by atoms with Crippen molar-refractivity contribution >= 4 is 28.2 Å². The third-order valence-electron chi connectivity index (χ3n) is 2.47. The van der Waals surface area contributed by atoms with Gasteiger partial charge in [-0.3, -0.25) is 4.79 Å². The number of carbonyl (C=O) groups excluding carboxylic acids is 2. The van der Waals surface area contributed by atoms with Crippen molar-refractivity contribution in [2.45, 2.75) is 40.5 Å². The number of hydrogen-bond donors (Lipinski definition) is 1. The number of hydrogen-bond acceptors (Lipinski definition) is 4. The molecule has 0 aliphatic heterocycles. The molecule has 0 saturated heterocycles. The van der Waals surface area contributed by atoms with Gasteiger partial charge >= 0.3 is 5.97 Å². The average Bonchev–Trinajstić information content (AvgIpc) is 2.71. The molecule has 0 aromatic carbocycles. The average molecular weight is 283 g/mol. The summed E-state index contributed by atoms with van der Waals surface area (Å²) in [6.07, 6.45) is 1.28. The van der Waals surface area contributed by atoms with Crippen molar-refractivity contribution in [3.05, 3.63) is 16.5 Å². The van der Waals surface area contributed by atoms with E-state index in [0.717, 1.165) is 11.3 Å². The maximum atomic E-state index is 11.8. The van der Waals surface area contributed by atoms with Crippen LogP contribution >= 0.6 is 11.3 Å². The van der Waals surface area contributed by atoms with Crippen LogP contribution in [0.25, 0.3) is 0 Å². The fourth-order valence-electron chi connectivity index (χ4n) is 1.62. The van der Waals surface area contributed by atoms with E-state index in [1.165, 1.54) is 11.3 Å². The highest BCUT2D eigenvalue weighted by atomic mass is 32.1. The highest BCUT2D eigenvalue weighted by Gasteiger charge is 2.18. The summed E-state index contributed by atoms with van der Waals surface area (Å²) in [4.78, 5) is 24.7.